The summed E-state index contributed by atoms with van der Waals surface area (Å²) in [5, 5.41) is 13.6. The highest BCUT2D eigenvalue weighted by molar-refractivity contribution is 5.64. The molecule has 0 spiro atoms. The van der Waals surface area contributed by atoms with Gasteiger partial charge in [-0.15, -0.1) is 0 Å². The summed E-state index contributed by atoms with van der Waals surface area (Å²) in [6.45, 7) is 1.71. The van der Waals surface area contributed by atoms with Gasteiger partial charge in [-0.05, 0) is 13.0 Å². The summed E-state index contributed by atoms with van der Waals surface area (Å²) < 4.78 is 0.759. The number of rotatable bonds is 0. The van der Waals surface area contributed by atoms with Gasteiger partial charge in [0.25, 0.3) is 0 Å². The molecule has 4 nitrogen and oxygen atoms in total. The van der Waals surface area contributed by atoms with Gasteiger partial charge in [-0.25, -0.2) is 4.68 Å². The molecule has 0 bridgehead atoms. The van der Waals surface area contributed by atoms with Crippen LogP contribution in [0.2, 0.25) is 0 Å². The molecule has 0 amide bonds. The number of carbonyl (C=O) groups excluding carboxylic acids is 1. The van der Waals surface area contributed by atoms with Gasteiger partial charge >= 0.3 is 0 Å². The van der Waals surface area contributed by atoms with E-state index in [1.807, 2.05) is 0 Å². The first kappa shape index (κ1) is 5.81. The fourth-order valence-electron chi connectivity index (χ4n) is 0.517. The zero-order valence-corrected chi connectivity index (χ0v) is 4.87. The second-order valence-corrected chi connectivity index (χ2v) is 1.67. The molecule has 0 aliphatic carbocycles. The molecule has 4 heteroatoms. The molecule has 1 rings (SSSR count). The van der Waals surface area contributed by atoms with Crippen molar-refractivity contribution in [3.05, 3.63) is 18.0 Å². The van der Waals surface area contributed by atoms with Crippen LogP contribution in [0.15, 0.2) is 12.3 Å². The molecule has 0 atom stereocenters. The summed E-state index contributed by atoms with van der Waals surface area (Å²) >= 11 is 0. The van der Waals surface area contributed by atoms with Crippen molar-refractivity contribution in [1.29, 1.82) is 0 Å². The van der Waals surface area contributed by atoms with Gasteiger partial charge in [-0.3, -0.25) is 0 Å². The smallest absolute Gasteiger partial charge is 0.163 e. The number of carboxylic acid groups (broad SMARTS) is 1. The Morgan fingerprint density at radius 3 is 2.78 bits per heavy atom. The lowest BCUT2D eigenvalue weighted by molar-refractivity contribution is -0.251. The van der Waals surface area contributed by atoms with E-state index >= 15 is 0 Å². The zero-order chi connectivity index (χ0) is 6.85. The van der Waals surface area contributed by atoms with Gasteiger partial charge in [-0.1, -0.05) is 0 Å². The standard InChI is InChI=1S/C5H6N2O2/c1-4-2-3-7(6-4)5(8)9/h2-3H,1H3,(H,8,9)/p-1. The van der Waals surface area contributed by atoms with Crippen molar-refractivity contribution in [2.45, 2.75) is 6.92 Å². The number of hydrogen-bond donors (Lipinski definition) is 0. The van der Waals surface area contributed by atoms with Gasteiger partial charge in [-0.2, -0.15) is 5.10 Å². The normalized spacial score (nSPS) is 9.44. The molecule has 0 saturated carbocycles. The zero-order valence-electron chi connectivity index (χ0n) is 4.87. The Morgan fingerprint density at radius 2 is 2.56 bits per heavy atom. The maximum absolute atomic E-state index is 10.0. The monoisotopic (exact) mass is 125 g/mol. The molecule has 0 N–H and O–H groups in total. The average Bonchev–Trinajstić information content (AvgIpc) is 2.14. The summed E-state index contributed by atoms with van der Waals surface area (Å²) in [6.07, 6.45) is 0.0353. The Bertz CT molecular complexity index is 229. The second kappa shape index (κ2) is 1.89. The Balaban J connectivity index is 2.98. The minimum atomic E-state index is -1.30. The molecule has 0 unspecified atom stereocenters. The molecule has 0 radical (unpaired) electrons. The summed E-state index contributed by atoms with van der Waals surface area (Å²) in [4.78, 5) is 10.0. The predicted octanol–water partition coefficient (Wildman–Crippen LogP) is -0.617. The van der Waals surface area contributed by atoms with E-state index in [0.29, 0.717) is 5.69 Å². The molecule has 1 aromatic heterocycles. The molecule has 0 fully saturated rings. The topological polar surface area (TPSA) is 58.0 Å². The third-order valence-electron chi connectivity index (χ3n) is 0.909. The van der Waals surface area contributed by atoms with Crippen LogP contribution in [0.1, 0.15) is 5.69 Å². The lowest BCUT2D eigenvalue weighted by atomic mass is 10.5. The fraction of sp³-hybridized carbons (Fsp3) is 0.200. The second-order valence-electron chi connectivity index (χ2n) is 1.67. The van der Waals surface area contributed by atoms with Gasteiger partial charge in [0.05, 0.1) is 5.69 Å². The number of carbonyl (C=O) groups is 1. The van der Waals surface area contributed by atoms with E-state index in [1.54, 1.807) is 13.0 Å². The average molecular weight is 125 g/mol. The number of aromatic nitrogens is 2. The van der Waals surface area contributed by atoms with Crippen molar-refractivity contribution >= 4 is 6.09 Å². The lowest BCUT2D eigenvalue weighted by Gasteiger charge is -1.97. The van der Waals surface area contributed by atoms with Crippen LogP contribution in [0.5, 0.6) is 0 Å². The summed E-state index contributed by atoms with van der Waals surface area (Å²) in [7, 11) is 0. The van der Waals surface area contributed by atoms with Gasteiger partial charge < -0.3 is 9.90 Å². The van der Waals surface area contributed by atoms with E-state index in [0.717, 1.165) is 4.68 Å². The predicted molar refractivity (Wildman–Crippen MR) is 27.8 cm³/mol. The number of nitrogens with zero attached hydrogens (tertiary/aromatic N) is 2. The Labute approximate surface area is 51.7 Å². The SMILES string of the molecule is Cc1ccn(C(=O)[O-])n1. The van der Waals surface area contributed by atoms with Crippen LogP contribution in [0.4, 0.5) is 4.79 Å². The van der Waals surface area contributed by atoms with Crippen LogP contribution in [-0.2, 0) is 0 Å². The van der Waals surface area contributed by atoms with Crippen molar-refractivity contribution in [2.24, 2.45) is 0 Å². The molecule has 0 aromatic carbocycles. The highest BCUT2D eigenvalue weighted by Crippen LogP contribution is 1.89. The first-order valence-corrected chi connectivity index (χ1v) is 2.44. The molecule has 0 saturated heterocycles. The number of aryl methyl sites for hydroxylation is 1. The maximum atomic E-state index is 10.0. The number of hydrogen-bond acceptors (Lipinski definition) is 3. The van der Waals surface area contributed by atoms with Gasteiger partial charge in [0.1, 0.15) is 0 Å². The first-order valence-electron chi connectivity index (χ1n) is 2.44. The summed E-state index contributed by atoms with van der Waals surface area (Å²) in [5.74, 6) is 0. The highest BCUT2D eigenvalue weighted by Gasteiger charge is 1.90. The minimum Gasteiger partial charge on any atom is -0.528 e. The largest absolute Gasteiger partial charge is 0.528 e. The third kappa shape index (κ3) is 1.07. The fourth-order valence-corrected chi connectivity index (χ4v) is 0.517. The summed E-state index contributed by atoms with van der Waals surface area (Å²) in [5.41, 5.74) is 0.666. The Morgan fingerprint density at radius 1 is 1.89 bits per heavy atom. The molecule has 1 aromatic rings. The Kier molecular flexibility index (Phi) is 1.22. The van der Waals surface area contributed by atoms with E-state index in [9.17, 15) is 9.90 Å². The van der Waals surface area contributed by atoms with Crippen LogP contribution in [0, 0.1) is 6.92 Å². The van der Waals surface area contributed by atoms with E-state index in [4.69, 9.17) is 0 Å². The van der Waals surface area contributed by atoms with E-state index < -0.39 is 6.09 Å². The highest BCUT2D eigenvalue weighted by atomic mass is 16.4. The lowest BCUT2D eigenvalue weighted by Crippen LogP contribution is -2.29. The van der Waals surface area contributed by atoms with E-state index in [-0.39, 0.29) is 0 Å². The van der Waals surface area contributed by atoms with E-state index in [2.05, 4.69) is 5.10 Å². The third-order valence-corrected chi connectivity index (χ3v) is 0.909. The summed E-state index contributed by atoms with van der Waals surface area (Å²) in [6, 6.07) is 1.59. The molecule has 0 aliphatic heterocycles. The van der Waals surface area contributed by atoms with Gasteiger partial charge in [0.2, 0.25) is 0 Å². The molecule has 9 heavy (non-hydrogen) atoms. The Hall–Kier alpha value is -1.32. The van der Waals surface area contributed by atoms with Gasteiger partial charge in [0.15, 0.2) is 6.09 Å². The quantitative estimate of drug-likeness (QED) is 0.464. The minimum absolute atomic E-state index is 0.666. The van der Waals surface area contributed by atoms with Crippen LogP contribution in [-0.4, -0.2) is 15.9 Å². The maximum Gasteiger partial charge on any atom is 0.163 e. The molecule has 48 valence electrons. The molecule has 0 aliphatic rings. The van der Waals surface area contributed by atoms with E-state index in [1.165, 1.54) is 6.20 Å². The molecular weight excluding hydrogens is 120 g/mol. The van der Waals surface area contributed by atoms with Crippen molar-refractivity contribution in [3.8, 4) is 0 Å². The van der Waals surface area contributed by atoms with Crippen molar-refractivity contribution < 1.29 is 9.90 Å². The van der Waals surface area contributed by atoms with Crippen LogP contribution >= 0.6 is 0 Å². The van der Waals surface area contributed by atoms with Gasteiger partial charge in [0, 0.05) is 6.20 Å². The first-order chi connectivity index (χ1) is 4.20. The van der Waals surface area contributed by atoms with Crippen molar-refractivity contribution in [2.75, 3.05) is 0 Å². The van der Waals surface area contributed by atoms with Crippen LogP contribution in [0.25, 0.3) is 0 Å². The van der Waals surface area contributed by atoms with Crippen LogP contribution in [0.3, 0.4) is 0 Å². The van der Waals surface area contributed by atoms with Crippen molar-refractivity contribution in [1.82, 2.24) is 9.78 Å². The van der Waals surface area contributed by atoms with Crippen molar-refractivity contribution in [3.63, 3.8) is 0 Å². The molecular formula is C5H5N2O2-. The molecule has 1 heterocycles. The van der Waals surface area contributed by atoms with Crippen LogP contribution < -0.4 is 5.11 Å².